The van der Waals surface area contributed by atoms with Crippen LogP contribution in [0.5, 0.6) is 0 Å². The van der Waals surface area contributed by atoms with E-state index in [1.165, 1.54) is 0 Å². The topological polar surface area (TPSA) is 72.9 Å². The monoisotopic (exact) mass is 325 g/mol. The number of ether oxygens (including phenoxy) is 2. The van der Waals surface area contributed by atoms with E-state index in [1.54, 1.807) is 12.1 Å². The molecule has 1 aliphatic rings. The van der Waals surface area contributed by atoms with Gasteiger partial charge in [-0.15, -0.1) is 0 Å². The van der Waals surface area contributed by atoms with Crippen molar-refractivity contribution in [2.45, 2.75) is 19.1 Å². The van der Waals surface area contributed by atoms with Gasteiger partial charge in [0.1, 0.15) is 12.6 Å². The zero-order valence-corrected chi connectivity index (χ0v) is 12.8. The van der Waals surface area contributed by atoms with Gasteiger partial charge in [0.15, 0.2) is 0 Å². The number of carbonyl (C=O) groups is 3. The lowest BCUT2D eigenvalue weighted by atomic mass is 10.1. The van der Waals surface area contributed by atoms with Crippen LogP contribution in [0.3, 0.4) is 0 Å². The number of amides is 2. The highest BCUT2D eigenvalue weighted by molar-refractivity contribution is 6.03. The zero-order chi connectivity index (χ0) is 16.9. The van der Waals surface area contributed by atoms with Gasteiger partial charge < -0.3 is 9.47 Å². The summed E-state index contributed by atoms with van der Waals surface area (Å²) in [5.41, 5.74) is 1.60. The fraction of sp³-hybridized carbons (Fsp3) is 0.167. The maximum absolute atomic E-state index is 12.2. The number of benzene rings is 2. The van der Waals surface area contributed by atoms with Crippen molar-refractivity contribution in [3.8, 4) is 0 Å². The highest BCUT2D eigenvalue weighted by Gasteiger charge is 2.46. The molecule has 1 heterocycles. The van der Waals surface area contributed by atoms with Crippen LogP contribution in [0.15, 0.2) is 60.7 Å². The largest absolute Gasteiger partial charge is 0.444 e. The lowest BCUT2D eigenvalue weighted by Crippen LogP contribution is -2.41. The van der Waals surface area contributed by atoms with Crippen molar-refractivity contribution in [3.63, 3.8) is 0 Å². The van der Waals surface area contributed by atoms with Gasteiger partial charge in [0.25, 0.3) is 0 Å². The molecule has 0 spiro atoms. The summed E-state index contributed by atoms with van der Waals surface area (Å²) in [6.07, 6.45) is -1.71. The van der Waals surface area contributed by atoms with Gasteiger partial charge in [-0.2, -0.15) is 4.90 Å². The van der Waals surface area contributed by atoms with Crippen molar-refractivity contribution < 1.29 is 23.9 Å². The number of carbonyl (C=O) groups excluding carboxylic acids is 3. The number of hydrogen-bond donors (Lipinski definition) is 0. The van der Waals surface area contributed by atoms with E-state index in [0.29, 0.717) is 0 Å². The average molecular weight is 325 g/mol. The standard InChI is InChI=1S/C18H15NO5/c20-16-15(11-13-7-3-1-4-8-13)19(18(22)24-16)17(21)23-12-14-9-5-2-6-10-14/h1-10,15H,11-12H2/t15-/m1/s1. The molecular weight excluding hydrogens is 310 g/mol. The minimum absolute atomic E-state index is 0.00962. The molecule has 0 radical (unpaired) electrons. The first kappa shape index (κ1) is 15.7. The Bertz CT molecular complexity index is 745. The molecule has 0 aliphatic carbocycles. The zero-order valence-electron chi connectivity index (χ0n) is 12.8. The van der Waals surface area contributed by atoms with Crippen LogP contribution < -0.4 is 0 Å². The van der Waals surface area contributed by atoms with Crippen LogP contribution >= 0.6 is 0 Å². The number of nitrogens with zero attached hydrogens (tertiary/aromatic N) is 1. The van der Waals surface area contributed by atoms with E-state index < -0.39 is 24.2 Å². The van der Waals surface area contributed by atoms with E-state index in [1.807, 2.05) is 48.5 Å². The van der Waals surface area contributed by atoms with Crippen molar-refractivity contribution in [2.24, 2.45) is 0 Å². The van der Waals surface area contributed by atoms with Gasteiger partial charge in [-0.05, 0) is 11.1 Å². The summed E-state index contributed by atoms with van der Waals surface area (Å²) in [7, 11) is 0. The molecule has 0 N–H and O–H groups in total. The first-order valence-corrected chi connectivity index (χ1v) is 7.44. The maximum atomic E-state index is 12.2. The number of esters is 1. The van der Waals surface area contributed by atoms with Crippen molar-refractivity contribution in [3.05, 3.63) is 71.8 Å². The average Bonchev–Trinajstić information content (AvgIpc) is 2.88. The molecule has 24 heavy (non-hydrogen) atoms. The van der Waals surface area contributed by atoms with Gasteiger partial charge in [-0.3, -0.25) is 0 Å². The molecule has 6 heteroatoms. The second kappa shape index (κ2) is 6.95. The molecular formula is C18H15NO5. The molecule has 3 rings (SSSR count). The molecule has 0 unspecified atom stereocenters. The van der Waals surface area contributed by atoms with Crippen molar-refractivity contribution >= 4 is 18.2 Å². The van der Waals surface area contributed by atoms with E-state index >= 15 is 0 Å². The Kier molecular flexibility index (Phi) is 4.56. The van der Waals surface area contributed by atoms with Crippen LogP contribution in [0, 0.1) is 0 Å². The summed E-state index contributed by atoms with van der Waals surface area (Å²) in [5, 5.41) is 0. The number of imide groups is 1. The molecule has 2 aromatic rings. The quantitative estimate of drug-likeness (QED) is 0.638. The Balaban J connectivity index is 1.70. The fourth-order valence-corrected chi connectivity index (χ4v) is 2.44. The molecule has 6 nitrogen and oxygen atoms in total. The van der Waals surface area contributed by atoms with E-state index in [4.69, 9.17) is 4.74 Å². The first-order valence-electron chi connectivity index (χ1n) is 7.44. The van der Waals surface area contributed by atoms with Crippen molar-refractivity contribution in [1.29, 1.82) is 0 Å². The Labute approximate surface area is 138 Å². The molecule has 2 aromatic carbocycles. The second-order valence-corrected chi connectivity index (χ2v) is 5.30. The molecule has 1 saturated heterocycles. The van der Waals surface area contributed by atoms with Crippen LogP contribution in [-0.4, -0.2) is 29.1 Å². The molecule has 2 amide bonds. The van der Waals surface area contributed by atoms with E-state index in [0.717, 1.165) is 16.0 Å². The van der Waals surface area contributed by atoms with Gasteiger partial charge >= 0.3 is 18.2 Å². The molecule has 0 bridgehead atoms. The normalized spacial score (nSPS) is 16.8. The Morgan fingerprint density at radius 1 is 0.958 bits per heavy atom. The van der Waals surface area contributed by atoms with Gasteiger partial charge in [-0.25, -0.2) is 14.4 Å². The number of cyclic esters (lactones) is 2. The first-order chi connectivity index (χ1) is 11.6. The summed E-state index contributed by atoms with van der Waals surface area (Å²) in [6.45, 7) is 0.00962. The third-order valence-corrected chi connectivity index (χ3v) is 3.64. The van der Waals surface area contributed by atoms with Crippen LogP contribution in [0.4, 0.5) is 9.59 Å². The van der Waals surface area contributed by atoms with Crippen LogP contribution in [0.2, 0.25) is 0 Å². The lowest BCUT2D eigenvalue weighted by molar-refractivity contribution is -0.135. The van der Waals surface area contributed by atoms with E-state index in [9.17, 15) is 14.4 Å². The lowest BCUT2D eigenvalue weighted by Gasteiger charge is -2.17. The second-order valence-electron chi connectivity index (χ2n) is 5.30. The fourth-order valence-electron chi connectivity index (χ4n) is 2.44. The summed E-state index contributed by atoms with van der Waals surface area (Å²) >= 11 is 0. The smallest absolute Gasteiger partial charge is 0.427 e. The number of hydrogen-bond acceptors (Lipinski definition) is 5. The van der Waals surface area contributed by atoms with Crippen LogP contribution in [0.25, 0.3) is 0 Å². The Morgan fingerprint density at radius 2 is 1.54 bits per heavy atom. The number of rotatable bonds is 4. The highest BCUT2D eigenvalue weighted by Crippen LogP contribution is 2.20. The molecule has 1 fully saturated rings. The predicted octanol–water partition coefficient (Wildman–Crippen LogP) is 2.91. The van der Waals surface area contributed by atoms with Crippen molar-refractivity contribution in [2.75, 3.05) is 0 Å². The van der Waals surface area contributed by atoms with Crippen LogP contribution in [0.1, 0.15) is 11.1 Å². The molecule has 122 valence electrons. The summed E-state index contributed by atoms with van der Waals surface area (Å²) < 4.78 is 9.71. The Morgan fingerprint density at radius 3 is 2.17 bits per heavy atom. The summed E-state index contributed by atoms with van der Waals surface area (Å²) in [5.74, 6) is -0.750. The molecule has 1 atom stereocenters. The predicted molar refractivity (Wildman–Crippen MR) is 83.9 cm³/mol. The van der Waals surface area contributed by atoms with E-state index in [-0.39, 0.29) is 13.0 Å². The molecule has 0 aromatic heterocycles. The van der Waals surface area contributed by atoms with Gasteiger partial charge in [-0.1, -0.05) is 60.7 Å². The molecule has 0 saturated carbocycles. The minimum Gasteiger partial charge on any atom is -0.444 e. The summed E-state index contributed by atoms with van der Waals surface area (Å²) in [6, 6.07) is 17.1. The molecule has 1 aliphatic heterocycles. The maximum Gasteiger partial charge on any atom is 0.427 e. The Hall–Kier alpha value is -3.15. The van der Waals surface area contributed by atoms with E-state index in [2.05, 4.69) is 4.74 Å². The van der Waals surface area contributed by atoms with Gasteiger partial charge in [0.05, 0.1) is 0 Å². The third kappa shape index (κ3) is 3.43. The van der Waals surface area contributed by atoms with Crippen molar-refractivity contribution in [1.82, 2.24) is 4.90 Å². The van der Waals surface area contributed by atoms with Gasteiger partial charge in [0.2, 0.25) is 0 Å². The third-order valence-electron chi connectivity index (χ3n) is 3.64. The highest BCUT2D eigenvalue weighted by atomic mass is 16.6. The van der Waals surface area contributed by atoms with Gasteiger partial charge in [0, 0.05) is 6.42 Å². The minimum atomic E-state index is -1.01. The SMILES string of the molecule is O=C1OC(=O)N(C(=O)OCc2ccccc2)[C@@H]1Cc1ccccc1. The van der Waals surface area contributed by atoms with Crippen LogP contribution in [-0.2, 0) is 27.3 Å². The summed E-state index contributed by atoms with van der Waals surface area (Å²) in [4.78, 5) is 36.7.